The maximum atomic E-state index is 13.3. The number of methoxy groups -OCH3 is 2. The highest BCUT2D eigenvalue weighted by Crippen LogP contribution is 2.32. The van der Waals surface area contributed by atoms with E-state index in [0.29, 0.717) is 31.7 Å². The molecule has 0 unspecified atom stereocenters. The summed E-state index contributed by atoms with van der Waals surface area (Å²) in [5, 5.41) is 9.33. The predicted molar refractivity (Wildman–Crippen MR) is 115 cm³/mol. The summed E-state index contributed by atoms with van der Waals surface area (Å²) in [5.41, 5.74) is 1.06. The van der Waals surface area contributed by atoms with Crippen LogP contribution < -0.4 is 18.7 Å². The molecule has 0 saturated carbocycles. The van der Waals surface area contributed by atoms with Crippen molar-refractivity contribution in [2.75, 3.05) is 43.1 Å². The van der Waals surface area contributed by atoms with Gasteiger partial charge >= 0.3 is 5.97 Å². The highest BCUT2D eigenvalue weighted by atomic mass is 32.2. The monoisotopic (exact) mass is 448 g/mol. The van der Waals surface area contributed by atoms with Crippen LogP contribution in [0.15, 0.2) is 47.4 Å². The predicted octanol–water partition coefficient (Wildman–Crippen LogP) is 2.15. The number of ketones is 1. The van der Waals surface area contributed by atoms with Crippen LogP contribution in [0.2, 0.25) is 0 Å². The lowest BCUT2D eigenvalue weighted by atomic mass is 10.1. The molecule has 166 valence electrons. The van der Waals surface area contributed by atoms with Crippen LogP contribution in [-0.4, -0.2) is 59.1 Å². The number of hydrogen-bond donors (Lipinski definition) is 1. The maximum absolute atomic E-state index is 13.3. The highest BCUT2D eigenvalue weighted by Gasteiger charge is 2.28. The van der Waals surface area contributed by atoms with Gasteiger partial charge in [0.1, 0.15) is 12.3 Å². The maximum Gasteiger partial charge on any atom is 0.324 e. The van der Waals surface area contributed by atoms with E-state index in [4.69, 9.17) is 9.47 Å². The van der Waals surface area contributed by atoms with Gasteiger partial charge in [-0.15, -0.1) is 0 Å². The SMILES string of the molecule is COc1ccc(S(=O)(=O)N(CC(=O)O)c2ccc(N3CCC(=O)CC3)cc2)cc1OC. The molecule has 0 radical (unpaired) electrons. The van der Waals surface area contributed by atoms with E-state index in [1.807, 2.05) is 4.90 Å². The smallest absolute Gasteiger partial charge is 0.324 e. The molecule has 1 heterocycles. The lowest BCUT2D eigenvalue weighted by Crippen LogP contribution is -2.36. The van der Waals surface area contributed by atoms with Gasteiger partial charge in [-0.2, -0.15) is 0 Å². The number of sulfonamides is 1. The van der Waals surface area contributed by atoms with Crippen LogP contribution in [-0.2, 0) is 19.6 Å². The Morgan fingerprint density at radius 1 is 1.03 bits per heavy atom. The summed E-state index contributed by atoms with van der Waals surface area (Å²) < 4.78 is 37.7. The van der Waals surface area contributed by atoms with Crippen LogP contribution in [0.3, 0.4) is 0 Å². The number of anilines is 2. The fourth-order valence-electron chi connectivity index (χ4n) is 3.39. The Balaban J connectivity index is 1.94. The van der Waals surface area contributed by atoms with Gasteiger partial charge in [0.15, 0.2) is 11.5 Å². The second kappa shape index (κ2) is 9.25. The van der Waals surface area contributed by atoms with Crippen molar-refractivity contribution in [3.8, 4) is 11.5 Å². The molecule has 3 rings (SSSR count). The second-order valence-electron chi connectivity index (χ2n) is 6.96. The van der Waals surface area contributed by atoms with Crippen molar-refractivity contribution in [2.24, 2.45) is 0 Å². The van der Waals surface area contributed by atoms with Crippen molar-refractivity contribution < 1.29 is 32.6 Å². The first-order valence-electron chi connectivity index (χ1n) is 9.59. The fourth-order valence-corrected chi connectivity index (χ4v) is 4.82. The van der Waals surface area contributed by atoms with Gasteiger partial charge in [-0.3, -0.25) is 13.9 Å². The third-order valence-corrected chi connectivity index (χ3v) is 6.82. The summed E-state index contributed by atoms with van der Waals surface area (Å²) in [6, 6.07) is 10.7. The number of nitrogens with zero attached hydrogens (tertiary/aromatic N) is 2. The Bertz CT molecular complexity index is 1060. The number of rotatable bonds is 8. The molecule has 1 fully saturated rings. The number of carbonyl (C=O) groups is 2. The van der Waals surface area contributed by atoms with E-state index in [1.165, 1.54) is 32.4 Å². The number of aliphatic carboxylic acids is 1. The number of carboxylic acids is 1. The zero-order chi connectivity index (χ0) is 22.6. The quantitative estimate of drug-likeness (QED) is 0.654. The molecule has 0 atom stereocenters. The molecule has 1 N–H and O–H groups in total. The topological polar surface area (TPSA) is 113 Å². The van der Waals surface area contributed by atoms with Gasteiger partial charge in [-0.1, -0.05) is 0 Å². The third-order valence-electron chi connectivity index (χ3n) is 5.05. The van der Waals surface area contributed by atoms with E-state index >= 15 is 0 Å². The first kappa shape index (κ1) is 22.4. The lowest BCUT2D eigenvalue weighted by Gasteiger charge is -2.29. The van der Waals surface area contributed by atoms with Crippen LogP contribution in [0, 0.1) is 0 Å². The van der Waals surface area contributed by atoms with E-state index in [2.05, 4.69) is 0 Å². The molecule has 31 heavy (non-hydrogen) atoms. The molecule has 0 bridgehead atoms. The largest absolute Gasteiger partial charge is 0.493 e. The standard InChI is InChI=1S/C21H24N2O7S/c1-29-19-8-7-18(13-20(19)30-2)31(27,28)23(14-21(25)26)16-5-3-15(4-6-16)22-11-9-17(24)10-12-22/h3-8,13H,9-12,14H2,1-2H3,(H,25,26). The van der Waals surface area contributed by atoms with Crippen LogP contribution in [0.4, 0.5) is 11.4 Å². The average molecular weight is 448 g/mol. The number of Topliss-reactive ketones (excluding diaryl/α,β-unsaturated/α-hetero) is 1. The Hall–Kier alpha value is -3.27. The summed E-state index contributed by atoms with van der Waals surface area (Å²) >= 11 is 0. The van der Waals surface area contributed by atoms with Gasteiger partial charge < -0.3 is 19.5 Å². The van der Waals surface area contributed by atoms with E-state index < -0.39 is 22.5 Å². The van der Waals surface area contributed by atoms with Crippen molar-refractivity contribution in [2.45, 2.75) is 17.7 Å². The van der Waals surface area contributed by atoms with Gasteiger partial charge in [-0.25, -0.2) is 8.42 Å². The molecule has 10 heteroatoms. The lowest BCUT2D eigenvalue weighted by molar-refractivity contribution is -0.135. The van der Waals surface area contributed by atoms with Gasteiger partial charge in [0.25, 0.3) is 10.0 Å². The Morgan fingerprint density at radius 2 is 1.65 bits per heavy atom. The summed E-state index contributed by atoms with van der Waals surface area (Å²) in [5.74, 6) is -0.492. The minimum atomic E-state index is -4.19. The summed E-state index contributed by atoms with van der Waals surface area (Å²) in [7, 11) is -1.37. The van der Waals surface area contributed by atoms with Crippen molar-refractivity contribution in [3.05, 3.63) is 42.5 Å². The summed E-state index contributed by atoms with van der Waals surface area (Å²) in [6.45, 7) is 0.455. The molecular formula is C21H24N2O7S. The van der Waals surface area contributed by atoms with Gasteiger partial charge in [0, 0.05) is 37.7 Å². The average Bonchev–Trinajstić information content (AvgIpc) is 2.77. The minimum absolute atomic E-state index is 0.120. The van der Waals surface area contributed by atoms with Crippen LogP contribution in [0.5, 0.6) is 11.5 Å². The number of piperidine rings is 1. The van der Waals surface area contributed by atoms with Gasteiger partial charge in [0.05, 0.1) is 24.8 Å². The van der Waals surface area contributed by atoms with Crippen molar-refractivity contribution in [1.82, 2.24) is 0 Å². The second-order valence-corrected chi connectivity index (χ2v) is 8.83. The molecule has 9 nitrogen and oxygen atoms in total. The van der Waals surface area contributed by atoms with E-state index in [9.17, 15) is 23.1 Å². The van der Waals surface area contributed by atoms with Gasteiger partial charge in [-0.05, 0) is 36.4 Å². The Labute approximate surface area is 180 Å². The van der Waals surface area contributed by atoms with Crippen LogP contribution in [0.25, 0.3) is 0 Å². The molecule has 0 aromatic heterocycles. The molecular weight excluding hydrogens is 424 g/mol. The third kappa shape index (κ3) is 4.91. The number of ether oxygens (including phenoxy) is 2. The molecule has 2 aromatic rings. The van der Waals surface area contributed by atoms with Crippen molar-refractivity contribution in [3.63, 3.8) is 0 Å². The molecule has 1 saturated heterocycles. The van der Waals surface area contributed by atoms with Crippen LogP contribution >= 0.6 is 0 Å². The molecule has 1 aliphatic heterocycles. The highest BCUT2D eigenvalue weighted by molar-refractivity contribution is 7.92. The van der Waals surface area contributed by atoms with E-state index in [-0.39, 0.29) is 22.1 Å². The Morgan fingerprint density at radius 3 is 2.19 bits per heavy atom. The number of hydrogen-bond acceptors (Lipinski definition) is 7. The zero-order valence-electron chi connectivity index (χ0n) is 17.3. The van der Waals surface area contributed by atoms with Crippen molar-refractivity contribution >= 4 is 33.2 Å². The summed E-state index contributed by atoms with van der Waals surface area (Å²) in [4.78, 5) is 24.8. The van der Waals surface area contributed by atoms with Crippen LogP contribution in [0.1, 0.15) is 12.8 Å². The molecule has 0 amide bonds. The minimum Gasteiger partial charge on any atom is -0.493 e. The summed E-state index contributed by atoms with van der Waals surface area (Å²) in [6.07, 6.45) is 0.946. The number of carboxylic acid groups (broad SMARTS) is 1. The normalized spacial score (nSPS) is 14.3. The Kier molecular flexibility index (Phi) is 6.69. The molecule has 0 aliphatic carbocycles. The number of carbonyl (C=O) groups excluding carboxylic acids is 1. The zero-order valence-corrected chi connectivity index (χ0v) is 18.1. The first-order chi connectivity index (χ1) is 14.8. The number of benzene rings is 2. The fraction of sp³-hybridized carbons (Fsp3) is 0.333. The van der Waals surface area contributed by atoms with E-state index in [1.54, 1.807) is 24.3 Å². The van der Waals surface area contributed by atoms with E-state index in [0.717, 1.165) is 9.99 Å². The van der Waals surface area contributed by atoms with Gasteiger partial charge in [0.2, 0.25) is 0 Å². The molecule has 0 spiro atoms. The van der Waals surface area contributed by atoms with Crippen molar-refractivity contribution in [1.29, 1.82) is 0 Å². The molecule has 1 aliphatic rings. The molecule has 2 aromatic carbocycles. The first-order valence-corrected chi connectivity index (χ1v) is 11.0.